The van der Waals surface area contributed by atoms with E-state index >= 15 is 0 Å². The molecule has 2 heterocycles. The summed E-state index contributed by atoms with van der Waals surface area (Å²) in [6.07, 6.45) is 2.72. The number of hydrogen-bond acceptors (Lipinski definition) is 5. The van der Waals surface area contributed by atoms with Crippen molar-refractivity contribution in [2.45, 2.75) is 51.2 Å². The van der Waals surface area contributed by atoms with E-state index in [0.29, 0.717) is 16.3 Å². The average Bonchev–Trinajstić information content (AvgIpc) is 3.25. The molecule has 4 aromatic rings. The first-order valence-corrected chi connectivity index (χ1v) is 12.0. The number of aromatic nitrogens is 4. The van der Waals surface area contributed by atoms with Crippen LogP contribution in [0.25, 0.3) is 22.4 Å². The van der Waals surface area contributed by atoms with Crippen LogP contribution < -0.4 is 10.9 Å². The molecule has 2 aromatic heterocycles. The van der Waals surface area contributed by atoms with E-state index in [1.54, 1.807) is 4.57 Å². The molecular weight excluding hydrogens is 422 g/mol. The molecule has 0 spiro atoms. The molecule has 1 amide bonds. The summed E-state index contributed by atoms with van der Waals surface area (Å²) in [6.45, 7) is 6.22. The third kappa shape index (κ3) is 4.14. The summed E-state index contributed by atoms with van der Waals surface area (Å²) < 4.78 is 3.45. The number of fused-ring (bicyclic) bond motifs is 3. The second kappa shape index (κ2) is 9.56. The molecule has 0 aliphatic rings. The van der Waals surface area contributed by atoms with Crippen LogP contribution in [0.15, 0.2) is 58.5 Å². The highest BCUT2D eigenvalue weighted by Gasteiger charge is 2.19. The highest BCUT2D eigenvalue weighted by atomic mass is 32.2. The maximum absolute atomic E-state index is 13.4. The van der Waals surface area contributed by atoms with Gasteiger partial charge in [0.05, 0.1) is 22.3 Å². The van der Waals surface area contributed by atoms with E-state index in [9.17, 15) is 9.59 Å². The largest absolute Gasteiger partial charge is 0.353 e. The Kier molecular flexibility index (Phi) is 6.60. The predicted molar refractivity (Wildman–Crippen MR) is 129 cm³/mol. The molecule has 4 rings (SSSR count). The Morgan fingerprint density at radius 3 is 2.44 bits per heavy atom. The average molecular weight is 450 g/mol. The Bertz CT molecular complexity index is 1310. The molecular formula is C24H27N5O2S. The highest BCUT2D eigenvalue weighted by Crippen LogP contribution is 2.23. The van der Waals surface area contributed by atoms with Gasteiger partial charge in [-0.25, -0.2) is 4.57 Å². The molecule has 1 N–H and O–H groups in total. The van der Waals surface area contributed by atoms with Crippen molar-refractivity contribution in [2.24, 2.45) is 0 Å². The maximum atomic E-state index is 13.4. The third-order valence-corrected chi connectivity index (χ3v) is 6.61. The molecule has 8 heteroatoms. The van der Waals surface area contributed by atoms with E-state index in [1.807, 2.05) is 52.9 Å². The van der Waals surface area contributed by atoms with E-state index in [0.717, 1.165) is 30.5 Å². The number of benzene rings is 2. The van der Waals surface area contributed by atoms with Gasteiger partial charge in [0.1, 0.15) is 0 Å². The molecule has 0 unspecified atom stereocenters. The van der Waals surface area contributed by atoms with Crippen molar-refractivity contribution >= 4 is 34.3 Å². The van der Waals surface area contributed by atoms with Crippen LogP contribution in [0.3, 0.4) is 0 Å². The fourth-order valence-corrected chi connectivity index (χ4v) is 4.53. The molecule has 7 nitrogen and oxygen atoms in total. The first-order valence-electron chi connectivity index (χ1n) is 11.0. The smallest absolute Gasteiger partial charge is 0.267 e. The molecule has 0 saturated heterocycles. The molecule has 2 aromatic carbocycles. The second-order valence-corrected chi connectivity index (χ2v) is 8.61. The minimum atomic E-state index is -0.146. The zero-order chi connectivity index (χ0) is 22.7. The molecule has 0 fully saturated rings. The fraction of sp³-hybridized carbons (Fsp3) is 0.333. The van der Waals surface area contributed by atoms with Gasteiger partial charge in [-0.05, 0) is 49.1 Å². The van der Waals surface area contributed by atoms with Crippen LogP contribution in [0.4, 0.5) is 0 Å². The van der Waals surface area contributed by atoms with Crippen molar-refractivity contribution in [3.63, 3.8) is 0 Å². The van der Waals surface area contributed by atoms with Crippen LogP contribution in [-0.4, -0.2) is 36.9 Å². The van der Waals surface area contributed by atoms with E-state index in [1.165, 1.54) is 17.3 Å². The summed E-state index contributed by atoms with van der Waals surface area (Å²) in [7, 11) is 0. The minimum Gasteiger partial charge on any atom is -0.353 e. The summed E-state index contributed by atoms with van der Waals surface area (Å²) in [5.74, 6) is 0.629. The van der Waals surface area contributed by atoms with Gasteiger partial charge in [-0.1, -0.05) is 56.8 Å². The quantitative estimate of drug-likeness (QED) is 0.411. The normalized spacial score (nSPS) is 11.5. The number of nitrogens with zero attached hydrogens (tertiary/aromatic N) is 4. The zero-order valence-electron chi connectivity index (χ0n) is 18.5. The molecule has 32 heavy (non-hydrogen) atoms. The van der Waals surface area contributed by atoms with Gasteiger partial charge in [0.25, 0.3) is 5.56 Å². The van der Waals surface area contributed by atoms with Gasteiger partial charge in [0.2, 0.25) is 11.7 Å². The Morgan fingerprint density at radius 2 is 1.75 bits per heavy atom. The molecule has 0 aliphatic heterocycles. The van der Waals surface area contributed by atoms with Crippen molar-refractivity contribution in [1.29, 1.82) is 0 Å². The number of thioether (sulfide) groups is 1. The Balaban J connectivity index is 1.79. The van der Waals surface area contributed by atoms with Crippen LogP contribution in [0.1, 0.15) is 39.2 Å². The number of amides is 1. The van der Waals surface area contributed by atoms with Gasteiger partial charge in [-0.3, -0.25) is 14.0 Å². The van der Waals surface area contributed by atoms with Crippen LogP contribution in [0.2, 0.25) is 0 Å². The second-order valence-electron chi connectivity index (χ2n) is 7.67. The fourth-order valence-electron chi connectivity index (χ4n) is 3.78. The van der Waals surface area contributed by atoms with Gasteiger partial charge >= 0.3 is 0 Å². The number of rotatable bonds is 8. The Labute approximate surface area is 190 Å². The summed E-state index contributed by atoms with van der Waals surface area (Å²) >= 11 is 1.32. The maximum Gasteiger partial charge on any atom is 0.267 e. The highest BCUT2D eigenvalue weighted by molar-refractivity contribution is 7.99. The number of para-hydroxylation sites is 1. The summed E-state index contributed by atoms with van der Waals surface area (Å²) in [5, 5.41) is 12.9. The third-order valence-electron chi connectivity index (χ3n) is 5.68. The Hall–Kier alpha value is -3.13. The molecule has 0 atom stereocenters. The van der Waals surface area contributed by atoms with E-state index in [2.05, 4.69) is 36.3 Å². The van der Waals surface area contributed by atoms with Crippen LogP contribution in [0, 0.1) is 0 Å². The molecule has 166 valence electrons. The topological polar surface area (TPSA) is 81.3 Å². The minimum absolute atomic E-state index is 0.0340. The van der Waals surface area contributed by atoms with Gasteiger partial charge in [-0.15, -0.1) is 10.2 Å². The van der Waals surface area contributed by atoms with Crippen molar-refractivity contribution in [3.05, 3.63) is 64.4 Å². The predicted octanol–water partition coefficient (Wildman–Crippen LogP) is 3.99. The molecule has 0 saturated carbocycles. The van der Waals surface area contributed by atoms with Crippen molar-refractivity contribution in [2.75, 3.05) is 5.75 Å². The molecule has 0 aliphatic carbocycles. The number of aryl methyl sites for hydroxylation is 1. The van der Waals surface area contributed by atoms with Crippen molar-refractivity contribution in [3.8, 4) is 5.69 Å². The Morgan fingerprint density at radius 1 is 1.03 bits per heavy atom. The lowest BCUT2D eigenvalue weighted by Crippen LogP contribution is -2.35. The SMILES string of the molecule is CCc1ccc(-n2c(=O)c3ccccc3n3c(SCC(=O)NC(CC)CC)nnc23)cc1. The number of nitrogens with one attached hydrogen (secondary N) is 1. The molecule has 0 bridgehead atoms. The lowest BCUT2D eigenvalue weighted by atomic mass is 10.1. The van der Waals surface area contributed by atoms with Gasteiger partial charge in [0, 0.05) is 6.04 Å². The van der Waals surface area contributed by atoms with E-state index < -0.39 is 0 Å². The lowest BCUT2D eigenvalue weighted by Gasteiger charge is -2.14. The van der Waals surface area contributed by atoms with E-state index in [4.69, 9.17) is 0 Å². The first kappa shape index (κ1) is 22.1. The number of carbonyl (C=O) groups is 1. The van der Waals surface area contributed by atoms with Crippen molar-refractivity contribution in [1.82, 2.24) is 24.5 Å². The van der Waals surface area contributed by atoms with E-state index in [-0.39, 0.29) is 23.3 Å². The molecule has 0 radical (unpaired) electrons. The van der Waals surface area contributed by atoms with Gasteiger partial charge in [0.15, 0.2) is 5.16 Å². The van der Waals surface area contributed by atoms with Crippen LogP contribution >= 0.6 is 11.8 Å². The number of carbonyl (C=O) groups excluding carboxylic acids is 1. The van der Waals surface area contributed by atoms with Gasteiger partial charge in [-0.2, -0.15) is 0 Å². The van der Waals surface area contributed by atoms with Gasteiger partial charge < -0.3 is 5.32 Å². The summed E-state index contributed by atoms with van der Waals surface area (Å²) in [5.41, 5.74) is 2.51. The summed E-state index contributed by atoms with van der Waals surface area (Å²) in [6, 6.07) is 15.5. The van der Waals surface area contributed by atoms with Crippen LogP contribution in [-0.2, 0) is 11.2 Å². The van der Waals surface area contributed by atoms with Crippen LogP contribution in [0.5, 0.6) is 0 Å². The van der Waals surface area contributed by atoms with Crippen molar-refractivity contribution < 1.29 is 4.79 Å². The monoisotopic (exact) mass is 449 g/mol. The summed E-state index contributed by atoms with van der Waals surface area (Å²) in [4.78, 5) is 25.8. The standard InChI is InChI=1S/C24H27N5O2S/c1-4-16-11-13-18(14-12-16)28-22(31)19-9-7-8-10-20(19)29-23(28)26-27-24(29)32-15-21(30)25-17(5-2)6-3/h7-14,17H,4-6,15H2,1-3H3,(H,25,30). The number of hydrogen-bond donors (Lipinski definition) is 1. The first-order chi connectivity index (χ1) is 15.6. The zero-order valence-corrected chi connectivity index (χ0v) is 19.4. The lowest BCUT2D eigenvalue weighted by molar-refractivity contribution is -0.119.